The van der Waals surface area contributed by atoms with E-state index in [0.717, 1.165) is 29.3 Å². The van der Waals surface area contributed by atoms with E-state index in [1.807, 2.05) is 6.07 Å². The molecule has 1 aromatic rings. The molecule has 0 saturated carbocycles. The number of hydrogen-bond acceptors (Lipinski definition) is 0. The first-order valence-electron chi connectivity index (χ1n) is 6.13. The van der Waals surface area contributed by atoms with Gasteiger partial charge in [-0.25, -0.2) is 4.39 Å². The van der Waals surface area contributed by atoms with Crippen LogP contribution in [0.2, 0.25) is 0 Å². The van der Waals surface area contributed by atoms with E-state index in [2.05, 4.69) is 35.9 Å². The lowest BCUT2D eigenvalue weighted by molar-refractivity contribution is 0.320. The van der Waals surface area contributed by atoms with Crippen LogP contribution < -0.4 is 0 Å². The van der Waals surface area contributed by atoms with Gasteiger partial charge in [0.25, 0.3) is 0 Å². The minimum absolute atomic E-state index is 0.0979. The summed E-state index contributed by atoms with van der Waals surface area (Å²) in [5.74, 6) is -0.197. The molecule has 2 rings (SSSR count). The largest absolute Gasteiger partial charge is 0.207 e. The van der Waals surface area contributed by atoms with E-state index in [1.165, 1.54) is 11.6 Å². The molecule has 0 saturated heterocycles. The Hall–Kier alpha value is -0.340. The highest BCUT2D eigenvalue weighted by Crippen LogP contribution is 2.38. The normalized spacial score (nSPS) is 22.7. The van der Waals surface area contributed by atoms with Crippen LogP contribution in [0.15, 0.2) is 34.3 Å². The Morgan fingerprint density at radius 2 is 2.11 bits per heavy atom. The average molecular weight is 332 g/mol. The van der Waals surface area contributed by atoms with Gasteiger partial charge in [-0.2, -0.15) is 0 Å². The third kappa shape index (κ3) is 3.83. The molecule has 0 spiro atoms. The van der Waals surface area contributed by atoms with Crippen molar-refractivity contribution < 1.29 is 4.39 Å². The second-order valence-electron chi connectivity index (χ2n) is 5.84. The van der Waals surface area contributed by atoms with Crippen LogP contribution >= 0.6 is 27.5 Å². The molecule has 1 aliphatic carbocycles. The lowest BCUT2D eigenvalue weighted by Gasteiger charge is -2.32. The standard InChI is InChI=1S/C15H17BrClF/c1-15(2)8-11(5-13(17)9-15)3-10-4-12(16)7-14(18)6-10/h4-7,13H,3,8-9H2,1-2H3. The van der Waals surface area contributed by atoms with Crippen LogP contribution in [0, 0.1) is 11.2 Å². The molecule has 1 atom stereocenters. The fourth-order valence-electron chi connectivity index (χ4n) is 2.68. The van der Waals surface area contributed by atoms with Crippen molar-refractivity contribution in [1.82, 2.24) is 0 Å². The molecule has 1 aliphatic rings. The summed E-state index contributed by atoms with van der Waals surface area (Å²) in [7, 11) is 0. The molecular formula is C15H17BrClF. The molecule has 0 aliphatic heterocycles. The molecule has 0 radical (unpaired) electrons. The number of allylic oxidation sites excluding steroid dienone is 2. The molecule has 0 N–H and O–H groups in total. The maximum Gasteiger partial charge on any atom is 0.124 e. The van der Waals surface area contributed by atoms with Crippen molar-refractivity contribution in [3.05, 3.63) is 45.7 Å². The van der Waals surface area contributed by atoms with E-state index < -0.39 is 0 Å². The Bertz CT molecular complexity index is 459. The van der Waals surface area contributed by atoms with Gasteiger partial charge in [0.2, 0.25) is 0 Å². The second kappa shape index (κ2) is 5.34. The van der Waals surface area contributed by atoms with Crippen molar-refractivity contribution in [1.29, 1.82) is 0 Å². The maximum absolute atomic E-state index is 13.3. The van der Waals surface area contributed by atoms with Gasteiger partial charge in [-0.3, -0.25) is 0 Å². The quantitative estimate of drug-likeness (QED) is 0.497. The van der Waals surface area contributed by atoms with Crippen LogP contribution in [-0.4, -0.2) is 5.38 Å². The third-order valence-corrected chi connectivity index (χ3v) is 3.96. The molecule has 0 nitrogen and oxygen atoms in total. The Balaban J connectivity index is 2.18. The van der Waals surface area contributed by atoms with Gasteiger partial charge < -0.3 is 0 Å². The zero-order valence-electron chi connectivity index (χ0n) is 10.6. The second-order valence-corrected chi connectivity index (χ2v) is 7.32. The summed E-state index contributed by atoms with van der Waals surface area (Å²) in [4.78, 5) is 0. The smallest absolute Gasteiger partial charge is 0.124 e. The number of rotatable bonds is 2. The molecule has 0 heterocycles. The summed E-state index contributed by atoms with van der Waals surface area (Å²) >= 11 is 9.59. The fourth-order valence-corrected chi connectivity index (χ4v) is 3.79. The van der Waals surface area contributed by atoms with Crippen LogP contribution in [0.1, 0.15) is 32.3 Å². The first-order valence-corrected chi connectivity index (χ1v) is 7.36. The van der Waals surface area contributed by atoms with Crippen LogP contribution in [0.25, 0.3) is 0 Å². The van der Waals surface area contributed by atoms with Crippen LogP contribution in [0.4, 0.5) is 4.39 Å². The Morgan fingerprint density at radius 3 is 2.72 bits per heavy atom. The summed E-state index contributed by atoms with van der Waals surface area (Å²) in [6.07, 6.45) is 4.95. The van der Waals surface area contributed by atoms with Gasteiger partial charge in [-0.05, 0) is 48.4 Å². The molecule has 0 amide bonds. The van der Waals surface area contributed by atoms with Crippen molar-refractivity contribution in [2.75, 3.05) is 0 Å². The number of benzene rings is 1. The third-order valence-electron chi connectivity index (χ3n) is 3.22. The van der Waals surface area contributed by atoms with E-state index >= 15 is 0 Å². The molecule has 18 heavy (non-hydrogen) atoms. The molecule has 1 unspecified atom stereocenters. The number of alkyl halides is 1. The Labute approximate surface area is 121 Å². The van der Waals surface area contributed by atoms with Crippen LogP contribution in [0.5, 0.6) is 0 Å². The van der Waals surface area contributed by atoms with E-state index in [-0.39, 0.29) is 16.6 Å². The van der Waals surface area contributed by atoms with Gasteiger partial charge in [0, 0.05) is 4.47 Å². The van der Waals surface area contributed by atoms with Crippen molar-refractivity contribution in [2.45, 2.75) is 38.5 Å². The van der Waals surface area contributed by atoms with E-state index in [4.69, 9.17) is 11.6 Å². The Kier molecular flexibility index (Phi) is 4.18. The van der Waals surface area contributed by atoms with E-state index in [0.29, 0.717) is 0 Å². The highest BCUT2D eigenvalue weighted by atomic mass is 79.9. The van der Waals surface area contributed by atoms with Crippen molar-refractivity contribution >= 4 is 27.5 Å². The van der Waals surface area contributed by atoms with Gasteiger partial charge in [0.05, 0.1) is 5.38 Å². The summed E-state index contributed by atoms with van der Waals surface area (Å²) in [6.45, 7) is 4.47. The van der Waals surface area contributed by atoms with Gasteiger partial charge in [-0.15, -0.1) is 11.6 Å². The molecule has 3 heteroatoms. The molecule has 0 fully saturated rings. The molecule has 98 valence electrons. The average Bonchev–Trinajstić information content (AvgIpc) is 2.10. The van der Waals surface area contributed by atoms with Gasteiger partial charge in [0.15, 0.2) is 0 Å². The molecule has 0 bridgehead atoms. The SMILES string of the molecule is CC1(C)CC(Cc2cc(F)cc(Br)c2)=CC(Cl)C1. The summed E-state index contributed by atoms with van der Waals surface area (Å²) < 4.78 is 14.1. The predicted octanol–water partition coefficient (Wildman–Crippen LogP) is 5.48. The highest BCUT2D eigenvalue weighted by molar-refractivity contribution is 9.10. The zero-order chi connectivity index (χ0) is 13.3. The fraction of sp³-hybridized carbons (Fsp3) is 0.467. The predicted molar refractivity (Wildman–Crippen MR) is 78.5 cm³/mol. The zero-order valence-corrected chi connectivity index (χ0v) is 13.0. The van der Waals surface area contributed by atoms with E-state index in [9.17, 15) is 4.39 Å². The minimum Gasteiger partial charge on any atom is -0.207 e. The molecule has 1 aromatic carbocycles. The van der Waals surface area contributed by atoms with Crippen LogP contribution in [-0.2, 0) is 6.42 Å². The van der Waals surface area contributed by atoms with Gasteiger partial charge in [0.1, 0.15) is 5.82 Å². The van der Waals surface area contributed by atoms with Crippen LogP contribution in [0.3, 0.4) is 0 Å². The van der Waals surface area contributed by atoms with Crippen molar-refractivity contribution in [3.8, 4) is 0 Å². The van der Waals surface area contributed by atoms with Crippen molar-refractivity contribution in [3.63, 3.8) is 0 Å². The minimum atomic E-state index is -0.197. The number of hydrogen-bond donors (Lipinski definition) is 0. The van der Waals surface area contributed by atoms with E-state index in [1.54, 1.807) is 6.07 Å². The first-order chi connectivity index (χ1) is 8.34. The summed E-state index contributed by atoms with van der Waals surface area (Å²) in [6, 6.07) is 5.04. The van der Waals surface area contributed by atoms with Gasteiger partial charge >= 0.3 is 0 Å². The monoisotopic (exact) mass is 330 g/mol. The summed E-state index contributed by atoms with van der Waals surface area (Å²) in [5.41, 5.74) is 2.54. The van der Waals surface area contributed by atoms with Gasteiger partial charge in [-0.1, -0.05) is 41.4 Å². The topological polar surface area (TPSA) is 0 Å². The first kappa shape index (κ1) is 14.1. The Morgan fingerprint density at radius 1 is 1.39 bits per heavy atom. The molecule has 0 aromatic heterocycles. The summed E-state index contributed by atoms with van der Waals surface area (Å²) in [5, 5.41) is 0.0979. The van der Waals surface area contributed by atoms with Crippen molar-refractivity contribution in [2.24, 2.45) is 5.41 Å². The highest BCUT2D eigenvalue weighted by Gasteiger charge is 2.27. The molecular weight excluding hydrogens is 315 g/mol. The maximum atomic E-state index is 13.3. The number of halogens is 3. The lowest BCUT2D eigenvalue weighted by Crippen LogP contribution is -2.22. The lowest BCUT2D eigenvalue weighted by atomic mass is 9.76.